The molecule has 0 aliphatic heterocycles. The van der Waals surface area contributed by atoms with Crippen molar-refractivity contribution in [2.24, 2.45) is 12.8 Å². The lowest BCUT2D eigenvalue weighted by Gasteiger charge is -2.07. The van der Waals surface area contributed by atoms with Crippen molar-refractivity contribution in [2.75, 3.05) is 0 Å². The number of benzene rings is 2. The number of halogens is 1. The number of aromatic nitrogens is 4. The first kappa shape index (κ1) is 18.4. The second-order valence-corrected chi connectivity index (χ2v) is 6.24. The zero-order valence-electron chi connectivity index (χ0n) is 15.4. The highest BCUT2D eigenvalue weighted by Gasteiger charge is 2.18. The fraction of sp³-hybridized carbons (Fsp3) is 0.100. The average molecular weight is 393 g/mol. The maximum atomic E-state index is 13.0. The number of hydrogen-bond acceptors (Lipinski definition) is 6. The van der Waals surface area contributed by atoms with Crippen LogP contribution in [0.15, 0.2) is 59.3 Å². The van der Waals surface area contributed by atoms with Crippen molar-refractivity contribution in [3.8, 4) is 28.6 Å². The molecule has 0 aliphatic carbocycles. The van der Waals surface area contributed by atoms with Gasteiger partial charge >= 0.3 is 0 Å². The molecule has 2 heterocycles. The van der Waals surface area contributed by atoms with E-state index < -0.39 is 5.91 Å². The molecule has 9 heteroatoms. The molecule has 4 rings (SSSR count). The zero-order chi connectivity index (χ0) is 20.4. The van der Waals surface area contributed by atoms with Crippen molar-refractivity contribution < 1.29 is 18.4 Å². The number of rotatable bonds is 6. The van der Waals surface area contributed by atoms with Gasteiger partial charge in [0.25, 0.3) is 5.89 Å². The minimum Gasteiger partial charge on any atom is -0.487 e. The first-order chi connectivity index (χ1) is 14.0. The highest BCUT2D eigenvalue weighted by Crippen LogP contribution is 2.26. The van der Waals surface area contributed by atoms with E-state index >= 15 is 0 Å². The second-order valence-electron chi connectivity index (χ2n) is 6.24. The predicted octanol–water partition coefficient (Wildman–Crippen LogP) is 2.95. The summed E-state index contributed by atoms with van der Waals surface area (Å²) in [5.74, 6) is 0.335. The third kappa shape index (κ3) is 3.84. The van der Waals surface area contributed by atoms with E-state index in [0.29, 0.717) is 34.0 Å². The summed E-state index contributed by atoms with van der Waals surface area (Å²) in [5.41, 5.74) is 7.67. The van der Waals surface area contributed by atoms with Crippen LogP contribution in [0.4, 0.5) is 4.39 Å². The lowest BCUT2D eigenvalue weighted by Crippen LogP contribution is -2.10. The molecule has 0 saturated heterocycles. The van der Waals surface area contributed by atoms with E-state index in [2.05, 4.69) is 15.2 Å². The van der Waals surface area contributed by atoms with Crippen LogP contribution in [0, 0.1) is 5.82 Å². The van der Waals surface area contributed by atoms with Crippen molar-refractivity contribution in [1.82, 2.24) is 19.9 Å². The Labute approximate surface area is 164 Å². The van der Waals surface area contributed by atoms with Gasteiger partial charge in [-0.3, -0.25) is 9.48 Å². The summed E-state index contributed by atoms with van der Waals surface area (Å²) >= 11 is 0. The second kappa shape index (κ2) is 7.55. The Morgan fingerprint density at radius 3 is 2.59 bits per heavy atom. The average Bonchev–Trinajstić information content (AvgIpc) is 3.34. The molecular formula is C20H16FN5O3. The van der Waals surface area contributed by atoms with Crippen LogP contribution >= 0.6 is 0 Å². The van der Waals surface area contributed by atoms with Gasteiger partial charge in [-0.15, -0.1) is 0 Å². The smallest absolute Gasteiger partial charge is 0.261 e. The molecule has 8 nitrogen and oxygen atoms in total. The van der Waals surface area contributed by atoms with Crippen molar-refractivity contribution in [3.63, 3.8) is 0 Å². The van der Waals surface area contributed by atoms with Crippen LogP contribution in [-0.2, 0) is 13.7 Å². The molecule has 0 saturated carbocycles. The Morgan fingerprint density at radius 2 is 1.90 bits per heavy atom. The number of ether oxygens (including phenoxy) is 1. The first-order valence-corrected chi connectivity index (χ1v) is 8.65. The highest BCUT2D eigenvalue weighted by atomic mass is 19.1. The largest absolute Gasteiger partial charge is 0.487 e. The topological polar surface area (TPSA) is 109 Å². The number of nitrogens with zero attached hydrogens (tertiary/aromatic N) is 4. The minimum atomic E-state index is -0.508. The quantitative estimate of drug-likeness (QED) is 0.539. The van der Waals surface area contributed by atoms with Gasteiger partial charge in [-0.2, -0.15) is 10.1 Å². The van der Waals surface area contributed by atoms with Crippen LogP contribution in [0.25, 0.3) is 22.8 Å². The molecule has 0 aliphatic rings. The molecule has 0 fully saturated rings. The Kier molecular flexibility index (Phi) is 4.78. The molecule has 0 bridgehead atoms. The lowest BCUT2D eigenvalue weighted by molar-refractivity contribution is 0.100. The molecule has 0 spiro atoms. The summed E-state index contributed by atoms with van der Waals surface area (Å²) in [4.78, 5) is 15.6. The number of carbonyl (C=O) groups excluding carboxylic acids is 1. The summed E-state index contributed by atoms with van der Waals surface area (Å²) in [7, 11) is 1.77. The van der Waals surface area contributed by atoms with Gasteiger partial charge in [0.15, 0.2) is 0 Å². The van der Waals surface area contributed by atoms with E-state index in [1.54, 1.807) is 54.3 Å². The zero-order valence-corrected chi connectivity index (χ0v) is 15.4. The Hall–Kier alpha value is -4.01. The number of aryl methyl sites for hydroxylation is 1. The summed E-state index contributed by atoms with van der Waals surface area (Å²) in [6, 6.07) is 12.3. The fourth-order valence-corrected chi connectivity index (χ4v) is 2.73. The van der Waals surface area contributed by atoms with Gasteiger partial charge in [0.2, 0.25) is 11.7 Å². The van der Waals surface area contributed by atoms with Crippen LogP contribution in [-0.4, -0.2) is 25.8 Å². The Bertz CT molecular complexity index is 1150. The minimum absolute atomic E-state index is 0.183. The van der Waals surface area contributed by atoms with Crippen molar-refractivity contribution in [3.05, 3.63) is 71.8 Å². The van der Waals surface area contributed by atoms with Crippen LogP contribution < -0.4 is 10.5 Å². The molecule has 0 atom stereocenters. The molecule has 146 valence electrons. The van der Waals surface area contributed by atoms with E-state index in [9.17, 15) is 9.18 Å². The van der Waals surface area contributed by atoms with Gasteiger partial charge in [0, 0.05) is 18.2 Å². The molecule has 2 N–H and O–H groups in total. The molecule has 4 aromatic rings. The van der Waals surface area contributed by atoms with Gasteiger partial charge in [-0.05, 0) is 36.4 Å². The van der Waals surface area contributed by atoms with Crippen molar-refractivity contribution >= 4 is 5.91 Å². The van der Waals surface area contributed by atoms with Crippen molar-refractivity contribution in [1.29, 1.82) is 0 Å². The van der Waals surface area contributed by atoms with Crippen LogP contribution in [0.1, 0.15) is 16.1 Å². The van der Waals surface area contributed by atoms with Gasteiger partial charge in [0.1, 0.15) is 18.2 Å². The van der Waals surface area contributed by atoms with Crippen LogP contribution in [0.3, 0.4) is 0 Å². The van der Waals surface area contributed by atoms with Crippen molar-refractivity contribution in [2.45, 2.75) is 6.61 Å². The van der Waals surface area contributed by atoms with Gasteiger partial charge in [-0.25, -0.2) is 4.39 Å². The molecule has 0 radical (unpaired) electrons. The third-order valence-corrected chi connectivity index (χ3v) is 4.33. The summed E-state index contributed by atoms with van der Waals surface area (Å²) in [6.07, 6.45) is 1.61. The van der Waals surface area contributed by atoms with Crippen LogP contribution in [0.2, 0.25) is 0 Å². The predicted molar refractivity (Wildman–Crippen MR) is 101 cm³/mol. The van der Waals surface area contributed by atoms with Crippen LogP contribution in [0.5, 0.6) is 5.75 Å². The van der Waals surface area contributed by atoms with E-state index in [4.69, 9.17) is 15.0 Å². The third-order valence-electron chi connectivity index (χ3n) is 4.33. The van der Waals surface area contributed by atoms with E-state index in [0.717, 1.165) is 0 Å². The summed E-state index contributed by atoms with van der Waals surface area (Å²) in [6.45, 7) is 0.183. The van der Waals surface area contributed by atoms with E-state index in [1.165, 1.54) is 12.1 Å². The van der Waals surface area contributed by atoms with Gasteiger partial charge in [0.05, 0.1) is 17.5 Å². The Balaban J connectivity index is 1.56. The van der Waals surface area contributed by atoms with Gasteiger partial charge < -0.3 is 15.0 Å². The molecule has 29 heavy (non-hydrogen) atoms. The molecule has 2 aromatic heterocycles. The number of amides is 1. The standard InChI is InChI=1S/C20H16FN5O3/c1-26-17(11-28-15-8-6-14(21)7-9-15)16(10-23-26)20-24-19(25-29-20)13-4-2-12(3-5-13)18(22)27/h2-10H,11H2,1H3,(H2,22,27). The van der Waals surface area contributed by atoms with E-state index in [1.807, 2.05) is 0 Å². The monoisotopic (exact) mass is 393 g/mol. The first-order valence-electron chi connectivity index (χ1n) is 8.65. The number of primary amides is 1. The number of nitrogens with two attached hydrogens (primary N) is 1. The fourth-order valence-electron chi connectivity index (χ4n) is 2.73. The normalized spacial score (nSPS) is 10.8. The SMILES string of the molecule is Cn1ncc(-c2nc(-c3ccc(C(N)=O)cc3)no2)c1COc1ccc(F)cc1. The maximum Gasteiger partial charge on any atom is 0.261 e. The summed E-state index contributed by atoms with van der Waals surface area (Å²) < 4.78 is 25.8. The van der Waals surface area contributed by atoms with Gasteiger partial charge in [-0.1, -0.05) is 17.3 Å². The number of hydrogen-bond donors (Lipinski definition) is 1. The number of carbonyl (C=O) groups is 1. The van der Waals surface area contributed by atoms with E-state index in [-0.39, 0.29) is 18.3 Å². The molecular weight excluding hydrogens is 377 g/mol. The summed E-state index contributed by atoms with van der Waals surface area (Å²) in [5, 5.41) is 8.22. The molecule has 1 amide bonds. The Morgan fingerprint density at radius 1 is 1.17 bits per heavy atom. The molecule has 2 aromatic carbocycles. The molecule has 0 unspecified atom stereocenters. The lowest BCUT2D eigenvalue weighted by atomic mass is 10.1. The maximum absolute atomic E-state index is 13.0. The highest BCUT2D eigenvalue weighted by molar-refractivity contribution is 5.93.